The van der Waals surface area contributed by atoms with Gasteiger partial charge in [-0.15, -0.1) is 0 Å². The second-order valence-corrected chi connectivity index (χ2v) is 7.60. The van der Waals surface area contributed by atoms with Gasteiger partial charge in [0.25, 0.3) is 5.91 Å². The Hall–Kier alpha value is -4.59. The molecule has 4 aromatic rings. The van der Waals surface area contributed by atoms with Crippen LogP contribution in [0.3, 0.4) is 0 Å². The third-order valence-electron chi connectivity index (χ3n) is 5.23. The van der Waals surface area contributed by atoms with E-state index < -0.39 is 29.1 Å². The van der Waals surface area contributed by atoms with Crippen LogP contribution in [0.4, 0.5) is 0 Å². The molecular formula is C26H21NO7. The van der Waals surface area contributed by atoms with E-state index in [1.54, 1.807) is 54.6 Å². The number of fused-ring (bicyclic) bond motifs is 1. The highest BCUT2D eigenvalue weighted by atomic mass is 16.5. The average Bonchev–Trinajstić information content (AvgIpc) is 2.84. The molecule has 0 radical (unpaired) electrons. The fraction of sp³-hybridized carbons (Fsp3) is 0.115. The van der Waals surface area contributed by atoms with E-state index in [2.05, 4.69) is 5.32 Å². The van der Waals surface area contributed by atoms with Gasteiger partial charge in [0.1, 0.15) is 12.2 Å². The lowest BCUT2D eigenvalue weighted by Gasteiger charge is -2.19. The van der Waals surface area contributed by atoms with Crippen LogP contribution in [-0.4, -0.2) is 22.1 Å². The summed E-state index contributed by atoms with van der Waals surface area (Å²) in [6.45, 7) is -0.265. The van der Waals surface area contributed by atoms with E-state index in [1.165, 1.54) is 6.07 Å². The molecule has 0 aliphatic rings. The molecule has 0 spiro atoms. The van der Waals surface area contributed by atoms with Crippen molar-refractivity contribution < 1.29 is 29.0 Å². The van der Waals surface area contributed by atoms with Crippen molar-refractivity contribution >= 4 is 22.8 Å². The molecule has 3 aromatic carbocycles. The minimum absolute atomic E-state index is 0.0473. The number of benzene rings is 3. The van der Waals surface area contributed by atoms with E-state index in [9.17, 15) is 24.6 Å². The first-order valence-electron chi connectivity index (χ1n) is 10.5. The molecule has 8 heteroatoms. The fourth-order valence-corrected chi connectivity index (χ4v) is 3.52. The van der Waals surface area contributed by atoms with Crippen LogP contribution in [0.15, 0.2) is 88.1 Å². The van der Waals surface area contributed by atoms with Gasteiger partial charge in [-0.3, -0.25) is 9.59 Å². The third kappa shape index (κ3) is 5.24. The molecule has 1 atom stereocenters. The number of carbonyl (C=O) groups is 2. The Bertz CT molecular complexity index is 1380. The van der Waals surface area contributed by atoms with Crippen LogP contribution in [0.5, 0.6) is 11.5 Å². The van der Waals surface area contributed by atoms with Gasteiger partial charge in [-0.2, -0.15) is 0 Å². The van der Waals surface area contributed by atoms with Crippen LogP contribution in [0.25, 0.3) is 11.0 Å². The number of hydrogen-bond donors (Lipinski definition) is 3. The molecule has 4 rings (SSSR count). The van der Waals surface area contributed by atoms with Gasteiger partial charge in [-0.1, -0.05) is 48.5 Å². The Morgan fingerprint density at radius 2 is 1.56 bits per heavy atom. The van der Waals surface area contributed by atoms with E-state index in [0.717, 1.165) is 17.7 Å². The SMILES string of the molecule is O=C(CC(NC(=O)c1ccccc1)c1ccccc1)OCc1cc(=O)oc2cc(O)c(O)cc12. The summed E-state index contributed by atoms with van der Waals surface area (Å²) in [5.41, 5.74) is 0.851. The molecule has 8 nitrogen and oxygen atoms in total. The molecule has 1 amide bonds. The first kappa shape index (κ1) is 22.6. The van der Waals surface area contributed by atoms with Gasteiger partial charge >= 0.3 is 11.6 Å². The zero-order valence-electron chi connectivity index (χ0n) is 17.9. The van der Waals surface area contributed by atoms with Crippen LogP contribution in [-0.2, 0) is 16.1 Å². The lowest BCUT2D eigenvalue weighted by Crippen LogP contribution is -2.30. The van der Waals surface area contributed by atoms with Gasteiger partial charge in [0.05, 0.1) is 12.5 Å². The van der Waals surface area contributed by atoms with Crippen LogP contribution in [0.2, 0.25) is 0 Å². The van der Waals surface area contributed by atoms with Crippen molar-refractivity contribution in [3.63, 3.8) is 0 Å². The lowest BCUT2D eigenvalue weighted by atomic mass is 10.0. The minimum atomic E-state index is -0.694. The van der Waals surface area contributed by atoms with Crippen molar-refractivity contribution in [1.82, 2.24) is 5.32 Å². The number of amides is 1. The van der Waals surface area contributed by atoms with Crippen LogP contribution >= 0.6 is 0 Å². The second kappa shape index (κ2) is 9.91. The van der Waals surface area contributed by atoms with E-state index >= 15 is 0 Å². The predicted molar refractivity (Wildman–Crippen MR) is 123 cm³/mol. The molecule has 1 unspecified atom stereocenters. The highest BCUT2D eigenvalue weighted by Crippen LogP contribution is 2.31. The average molecular weight is 459 g/mol. The quantitative estimate of drug-likeness (QED) is 0.218. The highest BCUT2D eigenvalue weighted by Gasteiger charge is 2.21. The number of phenols is 2. The molecule has 1 heterocycles. The summed E-state index contributed by atoms with van der Waals surface area (Å²) in [4.78, 5) is 37.2. The van der Waals surface area contributed by atoms with Gasteiger partial charge < -0.3 is 24.7 Å². The summed E-state index contributed by atoms with van der Waals surface area (Å²) in [6.07, 6.45) is -0.145. The summed E-state index contributed by atoms with van der Waals surface area (Å²) in [5.74, 6) is -1.78. The summed E-state index contributed by atoms with van der Waals surface area (Å²) in [5, 5.41) is 22.6. The predicted octanol–water partition coefficient (Wildman–Crippen LogP) is 3.81. The second-order valence-electron chi connectivity index (χ2n) is 7.60. The molecule has 3 N–H and O–H groups in total. The number of nitrogens with one attached hydrogen (secondary N) is 1. The van der Waals surface area contributed by atoms with Crippen LogP contribution in [0.1, 0.15) is 33.9 Å². The fourth-order valence-electron chi connectivity index (χ4n) is 3.52. The van der Waals surface area contributed by atoms with Crippen molar-refractivity contribution in [3.8, 4) is 11.5 Å². The van der Waals surface area contributed by atoms with E-state index in [-0.39, 0.29) is 24.5 Å². The Labute approximate surface area is 194 Å². The molecule has 34 heavy (non-hydrogen) atoms. The van der Waals surface area contributed by atoms with E-state index in [1.807, 2.05) is 6.07 Å². The zero-order chi connectivity index (χ0) is 24.1. The van der Waals surface area contributed by atoms with E-state index in [4.69, 9.17) is 9.15 Å². The summed E-state index contributed by atoms with van der Waals surface area (Å²) in [7, 11) is 0. The molecule has 1 aromatic heterocycles. The number of esters is 1. The van der Waals surface area contributed by atoms with Gasteiger partial charge in [0.15, 0.2) is 11.5 Å². The van der Waals surface area contributed by atoms with Crippen LogP contribution < -0.4 is 10.9 Å². The Morgan fingerprint density at radius 3 is 2.26 bits per heavy atom. The highest BCUT2D eigenvalue weighted by molar-refractivity contribution is 5.94. The summed E-state index contributed by atoms with van der Waals surface area (Å²) < 4.78 is 10.4. The number of phenolic OH excluding ortho intramolecular Hbond substituents is 2. The van der Waals surface area contributed by atoms with E-state index in [0.29, 0.717) is 16.5 Å². The van der Waals surface area contributed by atoms with Gasteiger partial charge in [-0.25, -0.2) is 4.79 Å². The molecule has 0 bridgehead atoms. The topological polar surface area (TPSA) is 126 Å². The summed E-state index contributed by atoms with van der Waals surface area (Å²) >= 11 is 0. The normalized spacial score (nSPS) is 11.6. The first-order valence-corrected chi connectivity index (χ1v) is 10.5. The van der Waals surface area contributed by atoms with Crippen molar-refractivity contribution in [1.29, 1.82) is 0 Å². The number of aromatic hydroxyl groups is 2. The smallest absolute Gasteiger partial charge is 0.336 e. The maximum Gasteiger partial charge on any atom is 0.336 e. The number of rotatable bonds is 7. The molecule has 0 aliphatic carbocycles. The third-order valence-corrected chi connectivity index (χ3v) is 5.23. The molecular weight excluding hydrogens is 438 g/mol. The van der Waals surface area contributed by atoms with Gasteiger partial charge in [0.2, 0.25) is 0 Å². The summed E-state index contributed by atoms with van der Waals surface area (Å²) in [6, 6.07) is 20.5. The van der Waals surface area contributed by atoms with Gasteiger partial charge in [-0.05, 0) is 23.8 Å². The minimum Gasteiger partial charge on any atom is -0.504 e. The van der Waals surface area contributed by atoms with Crippen LogP contribution in [0, 0.1) is 0 Å². The Kier molecular flexibility index (Phi) is 6.59. The largest absolute Gasteiger partial charge is 0.504 e. The number of carbonyl (C=O) groups excluding carboxylic acids is 2. The number of ether oxygens (including phenoxy) is 1. The standard InChI is InChI=1S/C26H21NO7/c28-21-12-19-18(11-25(31)34-23(19)14-22(21)29)15-33-24(30)13-20(16-7-3-1-4-8-16)27-26(32)17-9-5-2-6-10-17/h1-12,14,20,28-29H,13,15H2,(H,27,32). The molecule has 0 saturated carbocycles. The maximum atomic E-state index is 12.7. The lowest BCUT2D eigenvalue weighted by molar-refractivity contribution is -0.145. The molecule has 172 valence electrons. The zero-order valence-corrected chi connectivity index (χ0v) is 17.9. The monoisotopic (exact) mass is 459 g/mol. The van der Waals surface area contributed by atoms with Crippen molar-refractivity contribution in [2.24, 2.45) is 0 Å². The number of hydrogen-bond acceptors (Lipinski definition) is 7. The molecule has 0 fully saturated rings. The molecule has 0 saturated heterocycles. The Morgan fingerprint density at radius 1 is 0.912 bits per heavy atom. The van der Waals surface area contributed by atoms with Crippen molar-refractivity contribution in [2.45, 2.75) is 19.1 Å². The Balaban J connectivity index is 1.51. The van der Waals surface area contributed by atoms with Crippen molar-refractivity contribution in [3.05, 3.63) is 106 Å². The molecule has 0 aliphatic heterocycles. The van der Waals surface area contributed by atoms with Crippen molar-refractivity contribution in [2.75, 3.05) is 0 Å². The van der Waals surface area contributed by atoms with Gasteiger partial charge in [0, 0.05) is 28.6 Å². The first-order chi connectivity index (χ1) is 16.4. The maximum absolute atomic E-state index is 12.7.